The highest BCUT2D eigenvalue weighted by atomic mass is 35.5. The van der Waals surface area contributed by atoms with Crippen LogP contribution in [0.25, 0.3) is 11.1 Å². The minimum atomic E-state index is -1.05. The van der Waals surface area contributed by atoms with Crippen LogP contribution in [0.1, 0.15) is 53.2 Å². The van der Waals surface area contributed by atoms with Crippen LogP contribution in [0.3, 0.4) is 0 Å². The van der Waals surface area contributed by atoms with Crippen molar-refractivity contribution in [1.29, 1.82) is 5.26 Å². The zero-order chi connectivity index (χ0) is 27.2. The predicted molar refractivity (Wildman–Crippen MR) is 142 cm³/mol. The summed E-state index contributed by atoms with van der Waals surface area (Å²) < 4.78 is 12.9. The van der Waals surface area contributed by atoms with E-state index in [0.29, 0.717) is 46.1 Å². The quantitative estimate of drug-likeness (QED) is 0.407. The van der Waals surface area contributed by atoms with Gasteiger partial charge in [0.05, 0.1) is 42.6 Å². The van der Waals surface area contributed by atoms with Gasteiger partial charge >= 0.3 is 5.97 Å². The molecule has 0 saturated carbocycles. The summed E-state index contributed by atoms with van der Waals surface area (Å²) in [4.78, 5) is 38.3. The number of carboxylic acid groups (broad SMARTS) is 1. The van der Waals surface area contributed by atoms with Crippen LogP contribution < -0.4 is 10.3 Å². The number of aromatic nitrogens is 1. The van der Waals surface area contributed by atoms with Gasteiger partial charge in [-0.1, -0.05) is 23.7 Å². The molecule has 2 heterocycles. The average molecular weight is 535 g/mol. The molecule has 0 bridgehead atoms. The van der Waals surface area contributed by atoms with E-state index < -0.39 is 17.6 Å². The lowest BCUT2D eigenvalue weighted by molar-refractivity contribution is -0.123. The molecule has 196 valence electrons. The molecule has 3 aromatic rings. The van der Waals surface area contributed by atoms with E-state index in [-0.39, 0.29) is 23.9 Å². The first-order valence-corrected chi connectivity index (χ1v) is 12.6. The van der Waals surface area contributed by atoms with E-state index in [2.05, 4.69) is 6.07 Å². The van der Waals surface area contributed by atoms with Gasteiger partial charge in [0.2, 0.25) is 0 Å². The lowest BCUT2D eigenvalue weighted by atomic mass is 9.94. The molecule has 8 nitrogen and oxygen atoms in total. The van der Waals surface area contributed by atoms with Crippen LogP contribution >= 0.6 is 11.6 Å². The summed E-state index contributed by atoms with van der Waals surface area (Å²) >= 11 is 6.17. The number of benzene rings is 2. The molecule has 0 amide bonds. The summed E-state index contributed by atoms with van der Waals surface area (Å²) in [7, 11) is 1.45. The number of ether oxygens (including phenoxy) is 2. The third-order valence-electron chi connectivity index (χ3n) is 6.70. The first-order valence-electron chi connectivity index (χ1n) is 12.3. The van der Waals surface area contributed by atoms with Gasteiger partial charge in [-0.15, -0.1) is 0 Å². The fourth-order valence-corrected chi connectivity index (χ4v) is 4.88. The summed E-state index contributed by atoms with van der Waals surface area (Å²) in [5.41, 5.74) is 1.53. The summed E-state index contributed by atoms with van der Waals surface area (Å²) in [6.45, 7) is 0.602. The van der Waals surface area contributed by atoms with Crippen molar-refractivity contribution in [3.05, 3.63) is 86.8 Å². The Kier molecular flexibility index (Phi) is 8.62. The van der Waals surface area contributed by atoms with Crippen molar-refractivity contribution in [3.8, 4) is 22.9 Å². The van der Waals surface area contributed by atoms with Gasteiger partial charge in [0.15, 0.2) is 5.78 Å². The highest BCUT2D eigenvalue weighted by Crippen LogP contribution is 2.34. The monoisotopic (exact) mass is 534 g/mol. The van der Waals surface area contributed by atoms with Crippen molar-refractivity contribution in [1.82, 2.24) is 4.57 Å². The Morgan fingerprint density at radius 1 is 1.18 bits per heavy atom. The first-order chi connectivity index (χ1) is 18.3. The maximum absolute atomic E-state index is 13.6. The van der Waals surface area contributed by atoms with E-state index in [1.807, 2.05) is 0 Å². The van der Waals surface area contributed by atoms with Gasteiger partial charge in [-0.25, -0.2) is 4.79 Å². The van der Waals surface area contributed by atoms with E-state index in [1.54, 1.807) is 30.3 Å². The standard InChI is InChI=1S/C29H27ClN2O6/c1-37-27-17-32(28(34)15-24(27)23-13-21(30)10-9-20(23)16-31)25(14-22-4-2-3-11-38-22)26(33)12-18-5-7-19(8-6-18)29(35)36/h5-10,13,15,17,22,25H,2-4,11-12,14H2,1H3,(H,35,36). The lowest BCUT2D eigenvalue weighted by Gasteiger charge is -2.28. The largest absolute Gasteiger partial charge is 0.495 e. The Bertz CT molecular complexity index is 1430. The zero-order valence-corrected chi connectivity index (χ0v) is 21.6. The van der Waals surface area contributed by atoms with Crippen LogP contribution in [0.5, 0.6) is 5.75 Å². The number of halogens is 1. The number of hydrogen-bond acceptors (Lipinski definition) is 6. The van der Waals surface area contributed by atoms with Crippen molar-refractivity contribution in [2.45, 2.75) is 44.2 Å². The van der Waals surface area contributed by atoms with E-state index >= 15 is 0 Å². The number of nitriles is 1. The maximum Gasteiger partial charge on any atom is 0.335 e. The van der Waals surface area contributed by atoms with Crippen molar-refractivity contribution in [2.75, 3.05) is 13.7 Å². The molecule has 1 N–H and O–H groups in total. The summed E-state index contributed by atoms with van der Waals surface area (Å²) in [5, 5.41) is 19.1. The highest BCUT2D eigenvalue weighted by Gasteiger charge is 2.28. The van der Waals surface area contributed by atoms with Crippen LogP contribution in [-0.4, -0.2) is 41.2 Å². The van der Waals surface area contributed by atoms with E-state index in [0.717, 1.165) is 19.3 Å². The summed E-state index contributed by atoms with van der Waals surface area (Å²) in [5.74, 6) is -0.940. The number of carbonyl (C=O) groups excluding carboxylic acids is 1. The van der Waals surface area contributed by atoms with E-state index in [4.69, 9.17) is 26.2 Å². The average Bonchev–Trinajstić information content (AvgIpc) is 2.92. The molecule has 2 atom stereocenters. The van der Waals surface area contributed by atoms with Crippen molar-refractivity contribution >= 4 is 23.4 Å². The fourth-order valence-electron chi connectivity index (χ4n) is 4.71. The van der Waals surface area contributed by atoms with Gasteiger partial charge in [-0.3, -0.25) is 9.59 Å². The number of carbonyl (C=O) groups is 2. The number of carboxylic acids is 1. The number of rotatable bonds is 9. The Morgan fingerprint density at radius 3 is 2.58 bits per heavy atom. The second kappa shape index (κ2) is 12.1. The third kappa shape index (κ3) is 6.13. The molecule has 2 unspecified atom stereocenters. The van der Waals surface area contributed by atoms with Crippen LogP contribution in [-0.2, 0) is 16.0 Å². The van der Waals surface area contributed by atoms with Crippen LogP contribution in [0.4, 0.5) is 0 Å². The van der Waals surface area contributed by atoms with Gasteiger partial charge < -0.3 is 19.1 Å². The number of nitrogens with zero attached hydrogens (tertiary/aromatic N) is 2. The Morgan fingerprint density at radius 2 is 1.95 bits per heavy atom. The van der Waals surface area contributed by atoms with Crippen molar-refractivity contribution in [2.24, 2.45) is 0 Å². The number of aromatic carboxylic acids is 1. The molecular weight excluding hydrogens is 508 g/mol. The smallest absolute Gasteiger partial charge is 0.335 e. The molecule has 9 heteroatoms. The topological polar surface area (TPSA) is 119 Å². The molecular formula is C29H27ClN2O6. The van der Waals surface area contributed by atoms with Crippen molar-refractivity contribution in [3.63, 3.8) is 0 Å². The number of ketones is 1. The molecule has 38 heavy (non-hydrogen) atoms. The molecule has 2 aromatic carbocycles. The number of methoxy groups -OCH3 is 1. The molecule has 1 aliphatic heterocycles. The molecule has 1 saturated heterocycles. The summed E-state index contributed by atoms with van der Waals surface area (Å²) in [6.07, 6.45) is 4.37. The molecule has 1 aromatic heterocycles. The minimum absolute atomic E-state index is 0.0145. The molecule has 1 fully saturated rings. The van der Waals surface area contributed by atoms with Gasteiger partial charge in [-0.05, 0) is 55.2 Å². The Balaban J connectivity index is 1.73. The molecule has 1 aliphatic rings. The second-order valence-corrected chi connectivity index (χ2v) is 9.62. The van der Waals surface area contributed by atoms with Gasteiger partial charge in [-0.2, -0.15) is 5.26 Å². The van der Waals surface area contributed by atoms with Crippen LogP contribution in [0, 0.1) is 11.3 Å². The van der Waals surface area contributed by atoms with Gasteiger partial charge in [0.25, 0.3) is 5.56 Å². The number of hydrogen-bond donors (Lipinski definition) is 1. The SMILES string of the molecule is COc1cn(C(CC2CCCCO2)C(=O)Cc2ccc(C(=O)O)cc2)c(=O)cc1-c1cc(Cl)ccc1C#N. The first kappa shape index (κ1) is 27.1. The third-order valence-corrected chi connectivity index (χ3v) is 6.94. The summed E-state index contributed by atoms with van der Waals surface area (Å²) in [6, 6.07) is 13.5. The van der Waals surface area contributed by atoms with E-state index in [9.17, 15) is 19.6 Å². The Labute approximate surface area is 225 Å². The predicted octanol–water partition coefficient (Wildman–Crippen LogP) is 5.06. The molecule has 0 aliphatic carbocycles. The Hall–Kier alpha value is -3.93. The fraction of sp³-hybridized carbons (Fsp3) is 0.310. The normalized spacial score (nSPS) is 15.9. The molecule has 4 rings (SSSR count). The van der Waals surface area contributed by atoms with Crippen molar-refractivity contribution < 1.29 is 24.2 Å². The second-order valence-electron chi connectivity index (χ2n) is 9.19. The highest BCUT2D eigenvalue weighted by molar-refractivity contribution is 6.31. The maximum atomic E-state index is 13.6. The van der Waals surface area contributed by atoms with E-state index in [1.165, 1.54) is 36.1 Å². The lowest BCUT2D eigenvalue weighted by Crippen LogP contribution is -2.34. The minimum Gasteiger partial charge on any atom is -0.495 e. The zero-order valence-electron chi connectivity index (χ0n) is 20.9. The van der Waals surface area contributed by atoms with Crippen LogP contribution in [0.15, 0.2) is 59.5 Å². The number of Topliss-reactive ketones (excluding diaryl/α,β-unsaturated/α-hetero) is 1. The molecule has 0 radical (unpaired) electrons. The van der Waals surface area contributed by atoms with Gasteiger partial charge in [0.1, 0.15) is 5.75 Å². The molecule has 0 spiro atoms. The van der Waals surface area contributed by atoms with Gasteiger partial charge in [0, 0.05) is 41.7 Å². The number of pyridine rings is 1. The van der Waals surface area contributed by atoms with Crippen LogP contribution in [0.2, 0.25) is 5.02 Å².